The van der Waals surface area contributed by atoms with Gasteiger partial charge in [-0.2, -0.15) is 0 Å². The Kier molecular flexibility index (Phi) is 5.77. The number of benzene rings is 1. The SMILES string of the molecule is CC(C)C[C@H](NC(=O)CNC(=O)C1(c2ccccc2F)CC1)C(=O)O. The molecule has 1 fully saturated rings. The Labute approximate surface area is 145 Å². The standard InChI is InChI=1S/C18H23FN2O4/c1-11(2)9-14(16(23)24)21-15(22)10-20-17(25)18(7-8-18)12-5-3-4-6-13(12)19/h3-6,11,14H,7-10H2,1-2H3,(H,20,25)(H,21,22)(H,23,24)/t14-/m0/s1. The van der Waals surface area contributed by atoms with Gasteiger partial charge in [0.25, 0.3) is 0 Å². The second kappa shape index (κ2) is 7.63. The molecule has 0 aliphatic heterocycles. The number of rotatable bonds is 8. The quantitative estimate of drug-likeness (QED) is 0.663. The van der Waals surface area contributed by atoms with Crippen molar-refractivity contribution < 1.29 is 23.9 Å². The Morgan fingerprint density at radius 1 is 1.24 bits per heavy atom. The minimum absolute atomic E-state index is 0.104. The van der Waals surface area contributed by atoms with Gasteiger partial charge in [-0.25, -0.2) is 9.18 Å². The maximum Gasteiger partial charge on any atom is 0.326 e. The Morgan fingerprint density at radius 3 is 2.40 bits per heavy atom. The van der Waals surface area contributed by atoms with Crippen LogP contribution in [0.2, 0.25) is 0 Å². The van der Waals surface area contributed by atoms with E-state index >= 15 is 0 Å². The molecular formula is C18H23FN2O4. The normalized spacial score (nSPS) is 16.2. The lowest BCUT2D eigenvalue weighted by molar-refractivity contribution is -0.142. The predicted molar refractivity (Wildman–Crippen MR) is 89.3 cm³/mol. The summed E-state index contributed by atoms with van der Waals surface area (Å²) in [4.78, 5) is 35.5. The fourth-order valence-electron chi connectivity index (χ4n) is 2.86. The molecule has 136 valence electrons. The van der Waals surface area contributed by atoms with Gasteiger partial charge in [0.2, 0.25) is 11.8 Å². The number of aliphatic carboxylic acids is 1. The minimum Gasteiger partial charge on any atom is -0.480 e. The molecule has 0 radical (unpaired) electrons. The number of nitrogens with one attached hydrogen (secondary N) is 2. The highest BCUT2D eigenvalue weighted by molar-refractivity contribution is 5.94. The van der Waals surface area contributed by atoms with Crippen molar-refractivity contribution in [3.05, 3.63) is 35.6 Å². The van der Waals surface area contributed by atoms with E-state index in [4.69, 9.17) is 5.11 Å². The molecule has 3 N–H and O–H groups in total. The second-order valence-corrected chi connectivity index (χ2v) is 6.83. The van der Waals surface area contributed by atoms with E-state index in [0.717, 1.165) is 0 Å². The molecule has 2 amide bonds. The van der Waals surface area contributed by atoms with Crippen LogP contribution in [0.5, 0.6) is 0 Å². The van der Waals surface area contributed by atoms with Crippen molar-refractivity contribution in [1.82, 2.24) is 10.6 Å². The lowest BCUT2D eigenvalue weighted by Gasteiger charge is -2.18. The molecule has 0 heterocycles. The summed E-state index contributed by atoms with van der Waals surface area (Å²) >= 11 is 0. The van der Waals surface area contributed by atoms with Crippen LogP contribution in [0.1, 0.15) is 38.7 Å². The first-order valence-electron chi connectivity index (χ1n) is 8.32. The van der Waals surface area contributed by atoms with Gasteiger partial charge in [-0.3, -0.25) is 9.59 Å². The van der Waals surface area contributed by atoms with Crippen LogP contribution in [0.4, 0.5) is 4.39 Å². The van der Waals surface area contributed by atoms with Crippen LogP contribution in [0.15, 0.2) is 24.3 Å². The van der Waals surface area contributed by atoms with Gasteiger partial charge in [0.05, 0.1) is 12.0 Å². The average molecular weight is 350 g/mol. The Hall–Kier alpha value is -2.44. The summed E-state index contributed by atoms with van der Waals surface area (Å²) in [6.07, 6.45) is 1.34. The van der Waals surface area contributed by atoms with Crippen LogP contribution >= 0.6 is 0 Å². The summed E-state index contributed by atoms with van der Waals surface area (Å²) in [7, 11) is 0. The summed E-state index contributed by atoms with van der Waals surface area (Å²) in [5.74, 6) is -2.44. The van der Waals surface area contributed by atoms with Crippen LogP contribution in [0.25, 0.3) is 0 Å². The van der Waals surface area contributed by atoms with E-state index in [9.17, 15) is 18.8 Å². The third-order valence-electron chi connectivity index (χ3n) is 4.32. The first kappa shape index (κ1) is 18.9. The number of carbonyl (C=O) groups is 3. The molecule has 1 aliphatic rings. The largest absolute Gasteiger partial charge is 0.480 e. The first-order valence-corrected chi connectivity index (χ1v) is 8.32. The smallest absolute Gasteiger partial charge is 0.326 e. The summed E-state index contributed by atoms with van der Waals surface area (Å²) in [6.45, 7) is 3.38. The Bertz CT molecular complexity index is 671. The van der Waals surface area contributed by atoms with Crippen LogP contribution in [-0.2, 0) is 19.8 Å². The highest BCUT2D eigenvalue weighted by Gasteiger charge is 2.52. The molecule has 6 nitrogen and oxygen atoms in total. The molecule has 25 heavy (non-hydrogen) atoms. The third kappa shape index (κ3) is 4.55. The van der Waals surface area contributed by atoms with Gasteiger partial charge in [0.15, 0.2) is 0 Å². The Morgan fingerprint density at radius 2 is 1.88 bits per heavy atom. The lowest BCUT2D eigenvalue weighted by Crippen LogP contribution is -2.47. The van der Waals surface area contributed by atoms with E-state index < -0.39 is 35.1 Å². The zero-order chi connectivity index (χ0) is 18.6. The molecule has 1 aliphatic carbocycles. The minimum atomic E-state index is -1.11. The number of hydrogen-bond donors (Lipinski definition) is 3. The van der Waals surface area contributed by atoms with Crippen LogP contribution in [-0.4, -0.2) is 35.5 Å². The van der Waals surface area contributed by atoms with Gasteiger partial charge in [-0.15, -0.1) is 0 Å². The van der Waals surface area contributed by atoms with Crippen molar-refractivity contribution in [2.24, 2.45) is 5.92 Å². The summed E-state index contributed by atoms with van der Waals surface area (Å²) in [5.41, 5.74) is -0.591. The monoisotopic (exact) mass is 350 g/mol. The molecule has 1 saturated carbocycles. The van der Waals surface area contributed by atoms with E-state index in [0.29, 0.717) is 24.8 Å². The van der Waals surface area contributed by atoms with Crippen LogP contribution < -0.4 is 10.6 Å². The van der Waals surface area contributed by atoms with Gasteiger partial charge >= 0.3 is 5.97 Å². The average Bonchev–Trinajstić information content (AvgIpc) is 3.33. The summed E-state index contributed by atoms with van der Waals surface area (Å²) in [5, 5.41) is 14.0. The number of amides is 2. The fourth-order valence-corrected chi connectivity index (χ4v) is 2.86. The van der Waals surface area contributed by atoms with Gasteiger partial charge in [-0.1, -0.05) is 32.0 Å². The lowest BCUT2D eigenvalue weighted by atomic mass is 9.94. The molecule has 2 rings (SSSR count). The van der Waals surface area contributed by atoms with E-state index in [1.807, 2.05) is 13.8 Å². The maximum atomic E-state index is 13.9. The van der Waals surface area contributed by atoms with E-state index in [2.05, 4.69) is 10.6 Å². The van der Waals surface area contributed by atoms with E-state index in [-0.39, 0.29) is 12.5 Å². The molecule has 7 heteroatoms. The number of carbonyl (C=O) groups excluding carboxylic acids is 2. The maximum absolute atomic E-state index is 13.9. The van der Waals surface area contributed by atoms with Crippen molar-refractivity contribution in [2.45, 2.75) is 44.6 Å². The molecule has 1 aromatic carbocycles. The van der Waals surface area contributed by atoms with Crippen LogP contribution in [0, 0.1) is 11.7 Å². The van der Waals surface area contributed by atoms with Crippen molar-refractivity contribution in [3.8, 4) is 0 Å². The van der Waals surface area contributed by atoms with Crippen molar-refractivity contribution in [3.63, 3.8) is 0 Å². The van der Waals surface area contributed by atoms with Gasteiger partial charge in [0.1, 0.15) is 11.9 Å². The van der Waals surface area contributed by atoms with Crippen molar-refractivity contribution in [2.75, 3.05) is 6.54 Å². The highest BCUT2D eigenvalue weighted by Crippen LogP contribution is 2.49. The molecule has 1 aromatic rings. The molecule has 0 unspecified atom stereocenters. The third-order valence-corrected chi connectivity index (χ3v) is 4.32. The van der Waals surface area contributed by atoms with E-state index in [1.165, 1.54) is 6.07 Å². The summed E-state index contributed by atoms with van der Waals surface area (Å²) < 4.78 is 13.9. The molecule has 0 spiro atoms. The summed E-state index contributed by atoms with van der Waals surface area (Å²) in [6, 6.07) is 5.11. The number of hydrogen-bond acceptors (Lipinski definition) is 3. The zero-order valence-corrected chi connectivity index (χ0v) is 14.3. The molecular weight excluding hydrogens is 327 g/mol. The van der Waals surface area contributed by atoms with E-state index in [1.54, 1.807) is 18.2 Å². The number of halogens is 1. The molecule has 0 bridgehead atoms. The number of carboxylic acids is 1. The van der Waals surface area contributed by atoms with Crippen LogP contribution in [0.3, 0.4) is 0 Å². The van der Waals surface area contributed by atoms with Crippen molar-refractivity contribution >= 4 is 17.8 Å². The predicted octanol–water partition coefficient (Wildman–Crippen LogP) is 1.59. The number of carboxylic acid groups (broad SMARTS) is 1. The molecule has 0 saturated heterocycles. The molecule has 1 atom stereocenters. The topological polar surface area (TPSA) is 95.5 Å². The highest BCUT2D eigenvalue weighted by atomic mass is 19.1. The van der Waals surface area contributed by atoms with Gasteiger partial charge < -0.3 is 15.7 Å². The Balaban J connectivity index is 1.92. The second-order valence-electron chi connectivity index (χ2n) is 6.83. The van der Waals surface area contributed by atoms with Gasteiger partial charge in [0, 0.05) is 5.56 Å². The zero-order valence-electron chi connectivity index (χ0n) is 14.3. The first-order chi connectivity index (χ1) is 11.8. The van der Waals surface area contributed by atoms with Gasteiger partial charge in [-0.05, 0) is 31.2 Å². The van der Waals surface area contributed by atoms with Crippen molar-refractivity contribution in [1.29, 1.82) is 0 Å². The molecule has 0 aromatic heterocycles. The fraction of sp³-hybridized carbons (Fsp3) is 0.500.